The average Bonchev–Trinajstić information content (AvgIpc) is 3.57. The SMILES string of the molecule is C=C(/C=C\C=C/C)c1ccccc1-c1ccc2c(c1)c1ncccc1n2-c1cccc(N(C/C=C\C)c2ccc(C3=C(N/C=C\C)C=CCC3)cc2CC)c1. The van der Waals surface area contributed by atoms with Gasteiger partial charge in [-0.2, -0.15) is 0 Å². The van der Waals surface area contributed by atoms with Crippen LogP contribution in [0.15, 0.2) is 176 Å². The Morgan fingerprint density at radius 1 is 0.855 bits per heavy atom. The lowest BCUT2D eigenvalue weighted by Crippen LogP contribution is -2.19. The molecule has 274 valence electrons. The summed E-state index contributed by atoms with van der Waals surface area (Å²) in [6, 6.07) is 35.4. The number of benzene rings is 4. The summed E-state index contributed by atoms with van der Waals surface area (Å²) in [5, 5.41) is 4.62. The first-order valence-corrected chi connectivity index (χ1v) is 19.4. The average molecular weight is 719 g/mol. The second-order valence-corrected chi connectivity index (χ2v) is 13.8. The van der Waals surface area contributed by atoms with Crippen molar-refractivity contribution in [3.8, 4) is 16.8 Å². The Morgan fingerprint density at radius 2 is 1.73 bits per heavy atom. The maximum absolute atomic E-state index is 4.94. The van der Waals surface area contributed by atoms with Crippen LogP contribution in [0.5, 0.6) is 0 Å². The lowest BCUT2D eigenvalue weighted by Gasteiger charge is -2.28. The van der Waals surface area contributed by atoms with Gasteiger partial charge in [0, 0.05) is 40.9 Å². The molecule has 0 amide bonds. The summed E-state index contributed by atoms with van der Waals surface area (Å²) in [6.45, 7) is 13.6. The highest BCUT2D eigenvalue weighted by molar-refractivity contribution is 6.08. The molecule has 4 aromatic carbocycles. The molecule has 0 aliphatic heterocycles. The van der Waals surface area contributed by atoms with Crippen LogP contribution in [0.1, 0.15) is 57.2 Å². The van der Waals surface area contributed by atoms with Crippen molar-refractivity contribution in [2.45, 2.75) is 47.0 Å². The summed E-state index contributed by atoms with van der Waals surface area (Å²) in [6.07, 6.45) is 26.0. The highest BCUT2D eigenvalue weighted by atomic mass is 15.1. The van der Waals surface area contributed by atoms with Gasteiger partial charge in [0.15, 0.2) is 0 Å². The first kappa shape index (κ1) is 36.9. The molecule has 0 fully saturated rings. The number of allylic oxidation sites excluding steroid dienone is 10. The van der Waals surface area contributed by atoms with E-state index in [9.17, 15) is 0 Å². The maximum atomic E-state index is 4.94. The molecule has 7 rings (SSSR count). The predicted molar refractivity (Wildman–Crippen MR) is 238 cm³/mol. The molecule has 0 saturated carbocycles. The Hall–Kier alpha value is -6.39. The predicted octanol–water partition coefficient (Wildman–Crippen LogP) is 13.5. The molecule has 2 aromatic heterocycles. The molecule has 4 nitrogen and oxygen atoms in total. The fourth-order valence-corrected chi connectivity index (χ4v) is 7.61. The largest absolute Gasteiger partial charge is 0.362 e. The van der Waals surface area contributed by atoms with Gasteiger partial charge in [-0.05, 0) is 146 Å². The third-order valence-electron chi connectivity index (χ3n) is 10.3. The number of aryl methyl sites for hydroxylation is 1. The summed E-state index contributed by atoms with van der Waals surface area (Å²) < 4.78 is 2.36. The lowest BCUT2D eigenvalue weighted by atomic mass is 9.92. The second kappa shape index (κ2) is 17.2. The van der Waals surface area contributed by atoms with Gasteiger partial charge in [-0.15, -0.1) is 0 Å². The van der Waals surface area contributed by atoms with E-state index >= 15 is 0 Å². The molecule has 4 heteroatoms. The van der Waals surface area contributed by atoms with Gasteiger partial charge in [-0.1, -0.05) is 105 Å². The van der Waals surface area contributed by atoms with Gasteiger partial charge < -0.3 is 14.8 Å². The van der Waals surface area contributed by atoms with Crippen LogP contribution in [0.4, 0.5) is 11.4 Å². The highest BCUT2D eigenvalue weighted by Gasteiger charge is 2.19. The van der Waals surface area contributed by atoms with Crippen molar-refractivity contribution in [2.24, 2.45) is 0 Å². The fourth-order valence-electron chi connectivity index (χ4n) is 7.61. The molecule has 6 aromatic rings. The van der Waals surface area contributed by atoms with E-state index in [1.807, 2.05) is 56.6 Å². The zero-order chi connectivity index (χ0) is 38.1. The van der Waals surface area contributed by atoms with E-state index in [1.165, 1.54) is 28.1 Å². The Labute approximate surface area is 326 Å². The number of hydrogen-bond acceptors (Lipinski definition) is 3. The molecular formula is C51H50N4. The first-order chi connectivity index (χ1) is 27.1. The summed E-state index contributed by atoms with van der Waals surface area (Å²) in [4.78, 5) is 7.39. The van der Waals surface area contributed by atoms with Gasteiger partial charge in [0.1, 0.15) is 0 Å². The summed E-state index contributed by atoms with van der Waals surface area (Å²) in [5.74, 6) is 0. The monoisotopic (exact) mass is 718 g/mol. The van der Waals surface area contributed by atoms with Crippen LogP contribution < -0.4 is 10.2 Å². The van der Waals surface area contributed by atoms with Crippen LogP contribution in [-0.4, -0.2) is 16.1 Å². The third-order valence-corrected chi connectivity index (χ3v) is 10.3. The van der Waals surface area contributed by atoms with Crippen molar-refractivity contribution in [1.29, 1.82) is 0 Å². The topological polar surface area (TPSA) is 33.1 Å². The Kier molecular flexibility index (Phi) is 11.5. The Bertz CT molecular complexity index is 2530. The smallest absolute Gasteiger partial charge is 0.0963 e. The number of fused-ring (bicyclic) bond motifs is 3. The van der Waals surface area contributed by atoms with Crippen molar-refractivity contribution >= 4 is 44.5 Å². The lowest BCUT2D eigenvalue weighted by molar-refractivity contribution is 0.983. The minimum Gasteiger partial charge on any atom is -0.362 e. The van der Waals surface area contributed by atoms with Gasteiger partial charge in [0.2, 0.25) is 0 Å². The maximum Gasteiger partial charge on any atom is 0.0963 e. The van der Waals surface area contributed by atoms with Crippen molar-refractivity contribution in [1.82, 2.24) is 14.9 Å². The number of pyridine rings is 1. The molecule has 0 saturated heterocycles. The third kappa shape index (κ3) is 7.67. The standard InChI is InChI=1S/C51H50N4/c1-6-10-12-19-37(5)43-22-13-14-23-44(43)40-28-30-49-46(35-40)51-50(26-18-32-53-51)55(49)42-21-17-20-41(36-42)54(33-11-7-2)48-29-27-39(34-38(48)9-4)45-24-15-16-25-47(45)52-31-8-3/h6-8,10-14,16-23,25-32,34-36,52H,5,9,15,24,33H2,1-4H3/b10-6-,11-7-,19-12-,31-8-. The molecular weight excluding hydrogens is 669 g/mol. The van der Waals surface area contributed by atoms with Crippen LogP contribution in [0.2, 0.25) is 0 Å². The van der Waals surface area contributed by atoms with Crippen LogP contribution >= 0.6 is 0 Å². The zero-order valence-electron chi connectivity index (χ0n) is 32.5. The molecule has 0 bridgehead atoms. The van der Waals surface area contributed by atoms with E-state index in [0.717, 1.165) is 81.4 Å². The summed E-state index contributed by atoms with van der Waals surface area (Å²) in [7, 11) is 0. The quantitative estimate of drug-likeness (QED) is 0.0953. The molecule has 0 spiro atoms. The second-order valence-electron chi connectivity index (χ2n) is 13.8. The van der Waals surface area contributed by atoms with Crippen molar-refractivity contribution in [3.63, 3.8) is 0 Å². The Balaban J connectivity index is 1.32. The van der Waals surface area contributed by atoms with E-state index in [-0.39, 0.29) is 0 Å². The fraction of sp³-hybridized carbons (Fsp3) is 0.157. The molecule has 55 heavy (non-hydrogen) atoms. The van der Waals surface area contributed by atoms with Crippen LogP contribution in [0, 0.1) is 0 Å². The molecule has 0 atom stereocenters. The van der Waals surface area contributed by atoms with Crippen molar-refractivity contribution < 1.29 is 0 Å². The van der Waals surface area contributed by atoms with E-state index in [2.05, 4.69) is 157 Å². The van der Waals surface area contributed by atoms with Gasteiger partial charge in [-0.25, -0.2) is 0 Å². The minimum atomic E-state index is 0.762. The van der Waals surface area contributed by atoms with Gasteiger partial charge in [-0.3, -0.25) is 4.98 Å². The Morgan fingerprint density at radius 3 is 2.56 bits per heavy atom. The number of anilines is 2. The molecule has 2 heterocycles. The van der Waals surface area contributed by atoms with Crippen molar-refractivity contribution in [3.05, 3.63) is 193 Å². The molecule has 0 radical (unpaired) electrons. The van der Waals surface area contributed by atoms with Crippen LogP contribution in [-0.2, 0) is 6.42 Å². The van der Waals surface area contributed by atoms with Crippen molar-refractivity contribution in [2.75, 3.05) is 11.4 Å². The summed E-state index contributed by atoms with van der Waals surface area (Å²) in [5.41, 5.74) is 16.2. The highest BCUT2D eigenvalue weighted by Crippen LogP contribution is 2.39. The number of nitrogens with zero attached hydrogens (tertiary/aromatic N) is 3. The van der Waals surface area contributed by atoms with Crippen LogP contribution in [0.3, 0.4) is 0 Å². The molecule has 1 aliphatic carbocycles. The number of aromatic nitrogens is 2. The number of nitrogens with one attached hydrogen (secondary N) is 1. The number of hydrogen-bond donors (Lipinski definition) is 1. The minimum absolute atomic E-state index is 0.762. The van der Waals surface area contributed by atoms with Crippen LogP contribution in [0.25, 0.3) is 49.9 Å². The van der Waals surface area contributed by atoms with E-state index in [4.69, 9.17) is 4.98 Å². The van der Waals surface area contributed by atoms with Gasteiger partial charge in [0.05, 0.1) is 16.6 Å². The zero-order valence-corrected chi connectivity index (χ0v) is 32.5. The van der Waals surface area contributed by atoms with E-state index < -0.39 is 0 Å². The molecule has 1 N–H and O–H groups in total. The summed E-state index contributed by atoms with van der Waals surface area (Å²) >= 11 is 0. The van der Waals surface area contributed by atoms with E-state index in [0.29, 0.717) is 0 Å². The van der Waals surface area contributed by atoms with Gasteiger partial charge in [0.25, 0.3) is 0 Å². The number of rotatable bonds is 13. The van der Waals surface area contributed by atoms with E-state index in [1.54, 1.807) is 0 Å². The molecule has 0 unspecified atom stereocenters. The van der Waals surface area contributed by atoms with Gasteiger partial charge >= 0.3 is 0 Å². The first-order valence-electron chi connectivity index (χ1n) is 19.4. The normalized spacial score (nSPS) is 13.5. The molecule has 1 aliphatic rings.